The Morgan fingerprint density at radius 3 is 2.54 bits per heavy atom. The van der Waals surface area contributed by atoms with E-state index in [1.165, 1.54) is 7.11 Å². The Bertz CT molecular complexity index is 198. The summed E-state index contributed by atoms with van der Waals surface area (Å²) < 4.78 is 10.1. The van der Waals surface area contributed by atoms with Gasteiger partial charge in [-0.2, -0.15) is 0 Å². The first-order valence-corrected chi connectivity index (χ1v) is 4.40. The van der Waals surface area contributed by atoms with Gasteiger partial charge in [0.1, 0.15) is 12.3 Å². The highest BCUT2D eigenvalue weighted by Crippen LogP contribution is 2.24. The smallest absolute Gasteiger partial charge is 0.325 e. The van der Waals surface area contributed by atoms with E-state index in [4.69, 9.17) is 4.74 Å². The Balaban J connectivity index is 2.50. The van der Waals surface area contributed by atoms with Crippen molar-refractivity contribution >= 4 is 5.97 Å². The fourth-order valence-corrected chi connectivity index (χ4v) is 1.25. The molecule has 0 aliphatic carbocycles. The van der Waals surface area contributed by atoms with Crippen LogP contribution in [0.5, 0.6) is 0 Å². The summed E-state index contributed by atoms with van der Waals surface area (Å²) in [5.74, 6) is -0.258. The van der Waals surface area contributed by atoms with E-state index in [-0.39, 0.29) is 23.7 Å². The van der Waals surface area contributed by atoms with Crippen LogP contribution in [0.2, 0.25) is 0 Å². The number of rotatable bonds is 1. The molecule has 1 N–H and O–H groups in total. The fraction of sp³-hybridized carbons (Fsp3) is 0.889. The molecule has 4 nitrogen and oxygen atoms in total. The normalized spacial score (nSPS) is 28.9. The van der Waals surface area contributed by atoms with Crippen molar-refractivity contribution in [3.05, 3.63) is 0 Å². The van der Waals surface area contributed by atoms with E-state index in [0.717, 1.165) is 0 Å². The molecule has 2 atom stereocenters. The molecule has 1 heterocycles. The number of esters is 1. The minimum atomic E-state index is -0.311. The predicted molar refractivity (Wildman–Crippen MR) is 48.1 cm³/mol. The maximum absolute atomic E-state index is 11.1. The monoisotopic (exact) mass is 187 g/mol. The average Bonchev–Trinajstić information content (AvgIpc) is 2.50. The third kappa shape index (κ3) is 2.42. The molecule has 1 fully saturated rings. The Labute approximate surface area is 78.6 Å². The van der Waals surface area contributed by atoms with Crippen molar-refractivity contribution in [2.45, 2.75) is 33.0 Å². The van der Waals surface area contributed by atoms with Crippen LogP contribution in [0.4, 0.5) is 0 Å². The predicted octanol–water partition coefficient (Wildman–Crippen LogP) is 0.520. The van der Waals surface area contributed by atoms with Crippen molar-refractivity contribution in [1.29, 1.82) is 0 Å². The standard InChI is InChI=1S/C9H17NO3/c1-9(2,3)8-10-6(5-13-8)7(11)12-4/h6,8,10H,5H2,1-4H3/t6?,8-/m0/s1. The molecule has 1 unspecified atom stereocenters. The molecule has 0 bridgehead atoms. The van der Waals surface area contributed by atoms with Gasteiger partial charge in [0.25, 0.3) is 0 Å². The minimum Gasteiger partial charge on any atom is -0.468 e. The highest BCUT2D eigenvalue weighted by Gasteiger charge is 2.36. The summed E-state index contributed by atoms with van der Waals surface area (Å²) in [6.07, 6.45) is -0.0726. The molecule has 0 spiro atoms. The molecule has 0 amide bonds. The van der Waals surface area contributed by atoms with Crippen LogP contribution < -0.4 is 5.32 Å². The summed E-state index contributed by atoms with van der Waals surface area (Å²) >= 11 is 0. The van der Waals surface area contributed by atoms with Crippen molar-refractivity contribution in [3.63, 3.8) is 0 Å². The van der Waals surface area contributed by atoms with Gasteiger partial charge in [-0.1, -0.05) is 20.8 Å². The van der Waals surface area contributed by atoms with Crippen LogP contribution in [0.15, 0.2) is 0 Å². The second-order valence-corrected chi connectivity index (χ2v) is 4.32. The Kier molecular flexibility index (Phi) is 2.93. The average molecular weight is 187 g/mol. The number of carbonyl (C=O) groups excluding carboxylic acids is 1. The molecule has 1 aliphatic rings. The minimum absolute atomic E-state index is 0.00275. The molecule has 0 saturated carbocycles. The van der Waals surface area contributed by atoms with Gasteiger partial charge in [-0.25, -0.2) is 0 Å². The molecule has 0 radical (unpaired) electrons. The van der Waals surface area contributed by atoms with Gasteiger partial charge in [-0.15, -0.1) is 0 Å². The number of nitrogens with one attached hydrogen (secondary N) is 1. The lowest BCUT2D eigenvalue weighted by Crippen LogP contribution is -2.43. The molecule has 1 aliphatic heterocycles. The van der Waals surface area contributed by atoms with E-state index < -0.39 is 0 Å². The van der Waals surface area contributed by atoms with E-state index >= 15 is 0 Å². The Hall–Kier alpha value is -0.610. The summed E-state index contributed by atoms with van der Waals surface area (Å²) in [4.78, 5) is 11.1. The lowest BCUT2D eigenvalue weighted by atomic mass is 9.94. The molecule has 1 saturated heterocycles. The summed E-state index contributed by atoms with van der Waals surface area (Å²) in [5.41, 5.74) is 0.00275. The van der Waals surface area contributed by atoms with Crippen molar-refractivity contribution in [2.75, 3.05) is 13.7 Å². The molecule has 0 aromatic heterocycles. The molecule has 1 rings (SSSR count). The number of methoxy groups -OCH3 is 1. The maximum atomic E-state index is 11.1. The quantitative estimate of drug-likeness (QED) is 0.608. The van der Waals surface area contributed by atoms with E-state index in [2.05, 4.69) is 30.8 Å². The Morgan fingerprint density at radius 1 is 1.54 bits per heavy atom. The zero-order valence-corrected chi connectivity index (χ0v) is 8.59. The van der Waals surface area contributed by atoms with E-state index in [1.54, 1.807) is 0 Å². The molecular formula is C9H17NO3. The van der Waals surface area contributed by atoms with Crippen LogP contribution in [0.1, 0.15) is 20.8 Å². The van der Waals surface area contributed by atoms with E-state index in [9.17, 15) is 4.79 Å². The largest absolute Gasteiger partial charge is 0.468 e. The first-order chi connectivity index (χ1) is 5.95. The number of hydrogen-bond acceptors (Lipinski definition) is 4. The van der Waals surface area contributed by atoms with E-state index in [1.807, 2.05) is 0 Å². The lowest BCUT2D eigenvalue weighted by Gasteiger charge is -2.26. The Morgan fingerprint density at radius 2 is 2.15 bits per heavy atom. The van der Waals surface area contributed by atoms with Crippen LogP contribution in [-0.4, -0.2) is 32.0 Å². The van der Waals surface area contributed by atoms with Crippen LogP contribution in [0.3, 0.4) is 0 Å². The van der Waals surface area contributed by atoms with Gasteiger partial charge < -0.3 is 9.47 Å². The van der Waals surface area contributed by atoms with Gasteiger partial charge in [0.2, 0.25) is 0 Å². The third-order valence-electron chi connectivity index (χ3n) is 2.05. The van der Waals surface area contributed by atoms with Crippen molar-refractivity contribution in [3.8, 4) is 0 Å². The lowest BCUT2D eigenvalue weighted by molar-refractivity contribution is -0.142. The van der Waals surface area contributed by atoms with Crippen molar-refractivity contribution in [2.24, 2.45) is 5.41 Å². The first-order valence-electron chi connectivity index (χ1n) is 4.40. The molecule has 0 aromatic rings. The summed E-state index contributed by atoms with van der Waals surface area (Å²) in [6, 6.07) is -0.311. The maximum Gasteiger partial charge on any atom is 0.325 e. The molecular weight excluding hydrogens is 170 g/mol. The third-order valence-corrected chi connectivity index (χ3v) is 2.05. The summed E-state index contributed by atoms with van der Waals surface area (Å²) in [5, 5.41) is 3.08. The van der Waals surface area contributed by atoms with Gasteiger partial charge in [0.05, 0.1) is 13.7 Å². The molecule has 76 valence electrons. The summed E-state index contributed by atoms with van der Waals surface area (Å²) in [7, 11) is 1.38. The highest BCUT2D eigenvalue weighted by molar-refractivity contribution is 5.76. The van der Waals surface area contributed by atoms with Crippen LogP contribution in [0.25, 0.3) is 0 Å². The molecule has 0 aromatic carbocycles. The van der Waals surface area contributed by atoms with Gasteiger partial charge in [-0.3, -0.25) is 10.1 Å². The number of carbonyl (C=O) groups is 1. The molecule has 4 heteroatoms. The van der Waals surface area contributed by atoms with Gasteiger partial charge >= 0.3 is 5.97 Å². The number of hydrogen-bond donors (Lipinski definition) is 1. The number of ether oxygens (including phenoxy) is 2. The van der Waals surface area contributed by atoms with Crippen LogP contribution in [0, 0.1) is 5.41 Å². The van der Waals surface area contributed by atoms with Crippen molar-refractivity contribution in [1.82, 2.24) is 5.32 Å². The van der Waals surface area contributed by atoms with Crippen molar-refractivity contribution < 1.29 is 14.3 Å². The SMILES string of the molecule is COC(=O)C1CO[C@@H](C(C)(C)C)N1. The molecule has 13 heavy (non-hydrogen) atoms. The summed E-state index contributed by atoms with van der Waals surface area (Å²) in [6.45, 7) is 6.58. The zero-order valence-electron chi connectivity index (χ0n) is 8.59. The highest BCUT2D eigenvalue weighted by atomic mass is 16.5. The van der Waals surface area contributed by atoms with Gasteiger partial charge in [0.15, 0.2) is 0 Å². The second-order valence-electron chi connectivity index (χ2n) is 4.32. The van der Waals surface area contributed by atoms with E-state index in [0.29, 0.717) is 6.61 Å². The van der Waals surface area contributed by atoms with Gasteiger partial charge in [0, 0.05) is 5.41 Å². The van der Waals surface area contributed by atoms with Crippen LogP contribution in [-0.2, 0) is 14.3 Å². The zero-order chi connectivity index (χ0) is 10.1. The van der Waals surface area contributed by atoms with Crippen LogP contribution >= 0.6 is 0 Å². The second kappa shape index (κ2) is 3.64. The first kappa shape index (κ1) is 10.5. The van der Waals surface area contributed by atoms with Gasteiger partial charge in [-0.05, 0) is 0 Å². The topological polar surface area (TPSA) is 47.6 Å². The fourth-order valence-electron chi connectivity index (χ4n) is 1.25.